The highest BCUT2D eigenvalue weighted by Gasteiger charge is 2.47. The van der Waals surface area contributed by atoms with E-state index >= 15 is 0 Å². The molecular weight excluding hydrogens is 216 g/mol. The third kappa shape index (κ3) is 1.49. The molecule has 0 N–H and O–H groups in total. The fraction of sp³-hybridized carbons (Fsp3) is 0.357. The highest BCUT2D eigenvalue weighted by molar-refractivity contribution is 7.17. The molecule has 1 aliphatic carbocycles. The molecule has 1 aliphatic rings. The average molecular weight is 230 g/mol. The lowest BCUT2D eigenvalue weighted by molar-refractivity contribution is -0.121. The lowest BCUT2D eigenvalue weighted by Crippen LogP contribution is -2.14. The lowest BCUT2D eigenvalue weighted by Gasteiger charge is -2.09. The van der Waals surface area contributed by atoms with Crippen molar-refractivity contribution in [3.05, 3.63) is 35.2 Å². The molecule has 0 unspecified atom stereocenters. The number of fused-ring (bicyclic) bond motifs is 1. The Morgan fingerprint density at radius 3 is 2.81 bits per heavy atom. The number of rotatable bonds is 3. The summed E-state index contributed by atoms with van der Waals surface area (Å²) in [5.74, 6) is 0.364. The largest absolute Gasteiger partial charge is 0.299 e. The Hall–Kier alpha value is -1.15. The predicted octanol–water partition coefficient (Wildman–Crippen LogP) is 3.81. The SMILES string of the molecule is CC(=O)C1(Cc2csc3ccccc23)CC1. The van der Waals surface area contributed by atoms with Crippen LogP contribution in [0.4, 0.5) is 0 Å². The molecular formula is C14H14OS. The summed E-state index contributed by atoms with van der Waals surface area (Å²) < 4.78 is 1.33. The zero-order valence-corrected chi connectivity index (χ0v) is 10.1. The summed E-state index contributed by atoms with van der Waals surface area (Å²) in [5.41, 5.74) is 1.34. The Morgan fingerprint density at radius 2 is 2.12 bits per heavy atom. The van der Waals surface area contributed by atoms with Gasteiger partial charge in [0.15, 0.2) is 0 Å². The first-order valence-electron chi connectivity index (χ1n) is 5.67. The molecule has 1 aromatic heterocycles. The summed E-state index contributed by atoms with van der Waals surface area (Å²) in [4.78, 5) is 11.6. The smallest absolute Gasteiger partial charge is 0.136 e. The van der Waals surface area contributed by atoms with Crippen LogP contribution in [0.15, 0.2) is 29.6 Å². The van der Waals surface area contributed by atoms with E-state index in [4.69, 9.17) is 0 Å². The zero-order chi connectivity index (χ0) is 11.2. The number of Topliss-reactive ketones (excluding diaryl/α,β-unsaturated/α-hetero) is 1. The standard InChI is InChI=1S/C14H14OS/c1-10(15)14(6-7-14)8-11-9-16-13-5-3-2-4-12(11)13/h2-5,9H,6-8H2,1H3. The van der Waals surface area contributed by atoms with Crippen LogP contribution in [0, 0.1) is 5.41 Å². The Kier molecular flexibility index (Phi) is 2.15. The maximum Gasteiger partial charge on any atom is 0.136 e. The third-order valence-corrected chi connectivity index (χ3v) is 4.70. The molecule has 0 radical (unpaired) electrons. The summed E-state index contributed by atoms with van der Waals surface area (Å²) in [7, 11) is 0. The van der Waals surface area contributed by atoms with Crippen LogP contribution in [-0.4, -0.2) is 5.78 Å². The van der Waals surface area contributed by atoms with E-state index in [1.807, 2.05) is 0 Å². The van der Waals surface area contributed by atoms with Crippen LogP contribution < -0.4 is 0 Å². The van der Waals surface area contributed by atoms with Crippen LogP contribution in [0.2, 0.25) is 0 Å². The van der Waals surface area contributed by atoms with Gasteiger partial charge in [-0.25, -0.2) is 0 Å². The van der Waals surface area contributed by atoms with Gasteiger partial charge in [-0.05, 0) is 48.6 Å². The highest BCUT2D eigenvalue weighted by atomic mass is 32.1. The van der Waals surface area contributed by atoms with Crippen LogP contribution in [-0.2, 0) is 11.2 Å². The molecule has 2 heteroatoms. The van der Waals surface area contributed by atoms with Crippen molar-refractivity contribution in [2.45, 2.75) is 26.2 Å². The van der Waals surface area contributed by atoms with Gasteiger partial charge in [-0.3, -0.25) is 4.79 Å². The molecule has 1 saturated carbocycles. The number of hydrogen-bond donors (Lipinski definition) is 0. The Morgan fingerprint density at radius 1 is 1.38 bits per heavy atom. The molecule has 0 atom stereocenters. The van der Waals surface area contributed by atoms with Crippen molar-refractivity contribution in [1.29, 1.82) is 0 Å². The maximum atomic E-state index is 11.6. The van der Waals surface area contributed by atoms with E-state index in [-0.39, 0.29) is 5.41 Å². The second-order valence-electron chi connectivity index (χ2n) is 4.77. The van der Waals surface area contributed by atoms with E-state index in [1.54, 1.807) is 18.3 Å². The van der Waals surface area contributed by atoms with Crippen LogP contribution in [0.25, 0.3) is 10.1 Å². The zero-order valence-electron chi connectivity index (χ0n) is 9.32. The van der Waals surface area contributed by atoms with Crippen molar-refractivity contribution in [3.8, 4) is 0 Å². The molecule has 82 valence electrons. The van der Waals surface area contributed by atoms with Gasteiger partial charge in [0, 0.05) is 10.1 Å². The number of thiophene rings is 1. The van der Waals surface area contributed by atoms with Crippen LogP contribution in [0.3, 0.4) is 0 Å². The number of carbonyl (C=O) groups excluding carboxylic acids is 1. The molecule has 2 aromatic rings. The molecule has 3 rings (SSSR count). The van der Waals surface area contributed by atoms with Gasteiger partial charge in [0.1, 0.15) is 5.78 Å². The molecule has 1 aromatic carbocycles. The first-order valence-corrected chi connectivity index (χ1v) is 6.55. The minimum Gasteiger partial charge on any atom is -0.299 e. The predicted molar refractivity (Wildman–Crippen MR) is 67.9 cm³/mol. The molecule has 1 nitrogen and oxygen atoms in total. The van der Waals surface area contributed by atoms with Gasteiger partial charge in [0.2, 0.25) is 0 Å². The van der Waals surface area contributed by atoms with Gasteiger partial charge < -0.3 is 0 Å². The normalized spacial score (nSPS) is 17.6. The lowest BCUT2D eigenvalue weighted by atomic mass is 9.93. The molecule has 0 spiro atoms. The first kappa shape index (κ1) is 10.0. The van der Waals surface area contributed by atoms with Gasteiger partial charge >= 0.3 is 0 Å². The van der Waals surface area contributed by atoms with E-state index < -0.39 is 0 Å². The van der Waals surface area contributed by atoms with E-state index in [9.17, 15) is 4.79 Å². The van der Waals surface area contributed by atoms with Crippen LogP contribution >= 0.6 is 11.3 Å². The van der Waals surface area contributed by atoms with E-state index in [2.05, 4.69) is 29.6 Å². The number of benzene rings is 1. The van der Waals surface area contributed by atoms with Crippen molar-refractivity contribution in [2.75, 3.05) is 0 Å². The second kappa shape index (κ2) is 3.42. The first-order chi connectivity index (χ1) is 7.71. The van der Waals surface area contributed by atoms with Crippen molar-refractivity contribution in [3.63, 3.8) is 0 Å². The monoisotopic (exact) mass is 230 g/mol. The van der Waals surface area contributed by atoms with Gasteiger partial charge in [-0.15, -0.1) is 11.3 Å². The number of hydrogen-bond acceptors (Lipinski definition) is 2. The molecule has 0 bridgehead atoms. The molecule has 16 heavy (non-hydrogen) atoms. The van der Waals surface area contributed by atoms with E-state index in [0.29, 0.717) is 5.78 Å². The number of ketones is 1. The summed E-state index contributed by atoms with van der Waals surface area (Å²) in [6, 6.07) is 8.46. The topological polar surface area (TPSA) is 17.1 Å². The summed E-state index contributed by atoms with van der Waals surface area (Å²) in [6.07, 6.45) is 3.09. The number of carbonyl (C=O) groups is 1. The molecule has 1 fully saturated rings. The molecule has 1 heterocycles. The van der Waals surface area contributed by atoms with Crippen molar-refractivity contribution < 1.29 is 4.79 Å². The molecule has 0 saturated heterocycles. The van der Waals surface area contributed by atoms with Crippen molar-refractivity contribution in [1.82, 2.24) is 0 Å². The summed E-state index contributed by atoms with van der Waals surface area (Å²) >= 11 is 1.78. The minimum atomic E-state index is -0.0101. The summed E-state index contributed by atoms with van der Waals surface area (Å²) in [6.45, 7) is 1.74. The van der Waals surface area contributed by atoms with Crippen molar-refractivity contribution in [2.24, 2.45) is 5.41 Å². The molecule has 0 amide bonds. The fourth-order valence-electron chi connectivity index (χ4n) is 2.34. The average Bonchev–Trinajstić information content (AvgIpc) is 2.96. The maximum absolute atomic E-state index is 11.6. The third-order valence-electron chi connectivity index (χ3n) is 3.69. The highest BCUT2D eigenvalue weighted by Crippen LogP contribution is 2.50. The Labute approximate surface area is 99.1 Å². The molecule has 0 aliphatic heterocycles. The van der Waals surface area contributed by atoms with Crippen LogP contribution in [0.1, 0.15) is 25.3 Å². The van der Waals surface area contributed by atoms with Crippen molar-refractivity contribution >= 4 is 27.2 Å². The van der Waals surface area contributed by atoms with E-state index in [0.717, 1.165) is 19.3 Å². The summed E-state index contributed by atoms with van der Waals surface area (Å²) in [5, 5.41) is 3.55. The van der Waals surface area contributed by atoms with Gasteiger partial charge in [0.25, 0.3) is 0 Å². The Bertz CT molecular complexity index is 549. The van der Waals surface area contributed by atoms with Gasteiger partial charge in [-0.2, -0.15) is 0 Å². The minimum absolute atomic E-state index is 0.0101. The Balaban J connectivity index is 1.98. The van der Waals surface area contributed by atoms with E-state index in [1.165, 1.54) is 15.6 Å². The second-order valence-corrected chi connectivity index (χ2v) is 5.68. The van der Waals surface area contributed by atoms with Gasteiger partial charge in [-0.1, -0.05) is 18.2 Å². The fourth-order valence-corrected chi connectivity index (χ4v) is 3.30. The van der Waals surface area contributed by atoms with Crippen LogP contribution in [0.5, 0.6) is 0 Å². The van der Waals surface area contributed by atoms with Gasteiger partial charge in [0.05, 0.1) is 0 Å². The quantitative estimate of drug-likeness (QED) is 0.783.